The summed E-state index contributed by atoms with van der Waals surface area (Å²) in [5, 5.41) is 23.4. The van der Waals surface area contributed by atoms with E-state index in [0.717, 1.165) is 6.42 Å². The van der Waals surface area contributed by atoms with Crippen molar-refractivity contribution in [2.75, 3.05) is 6.61 Å². The molecule has 232 valence electrons. The summed E-state index contributed by atoms with van der Waals surface area (Å²) in [6.45, 7) is 11.5. The molecule has 0 spiro atoms. The highest BCUT2D eigenvalue weighted by molar-refractivity contribution is 9.19. The molecule has 0 radical (unpaired) electrons. The van der Waals surface area contributed by atoms with Gasteiger partial charge in [-0.25, -0.2) is 0 Å². The van der Waals surface area contributed by atoms with E-state index in [-0.39, 0.29) is 70.7 Å². The van der Waals surface area contributed by atoms with Gasteiger partial charge in [-0.05, 0) is 64.1 Å². The molecule has 0 amide bonds. The molecule has 18 heteroatoms. The molecule has 17 atom stereocenters. The Morgan fingerprint density at radius 3 is 2.12 bits per heavy atom. The number of ether oxygens (including phenoxy) is 1. The Balaban J connectivity index is 2.02. The number of carbonyl (C=O) groups is 1. The number of hydrogen-bond acceptors (Lipinski definition) is 5. The Morgan fingerprint density at radius 1 is 1.10 bits per heavy atom. The van der Waals surface area contributed by atoms with Gasteiger partial charge in [0.2, 0.25) is 0 Å². The fourth-order valence-corrected chi connectivity index (χ4v) is 103. The lowest BCUT2D eigenvalue weighted by atomic mass is 9.47. The number of aliphatic hydroxyl groups is 2. The second kappa shape index (κ2) is 15.6. The molecular weight excluding hydrogens is 747 g/mol. The third kappa shape index (κ3) is 7.83. The number of fused-ring (bicyclic) bond motifs is 1. The molecule has 3 aliphatic rings. The first-order valence-electron chi connectivity index (χ1n) is 13.3. The van der Waals surface area contributed by atoms with Gasteiger partial charge in [-0.3, -0.25) is 4.79 Å². The molecular formula is C22H49O5P13. The number of rotatable bonds is 11. The van der Waals surface area contributed by atoms with Crippen LogP contribution < -0.4 is 0 Å². The Morgan fingerprint density at radius 2 is 1.68 bits per heavy atom. The summed E-state index contributed by atoms with van der Waals surface area (Å²) in [6.07, 6.45) is 2.64. The minimum absolute atomic E-state index is 0.00622. The van der Waals surface area contributed by atoms with Gasteiger partial charge in [0, 0.05) is 32.7 Å². The number of aliphatic hydroxyl groups excluding tert-OH is 1. The summed E-state index contributed by atoms with van der Waals surface area (Å²) >= 11 is 0. The lowest BCUT2D eigenvalue weighted by Gasteiger charge is -2.63. The van der Waals surface area contributed by atoms with Gasteiger partial charge < -0.3 is 19.5 Å². The summed E-state index contributed by atoms with van der Waals surface area (Å²) in [4.78, 5) is 13.5. The molecule has 0 aromatic heterocycles. The number of carbonyl (C=O) groups excluding carboxylic acids is 1. The third-order valence-corrected chi connectivity index (χ3v) is 80.0. The van der Waals surface area contributed by atoms with E-state index in [9.17, 15) is 15.0 Å². The fourth-order valence-electron chi connectivity index (χ4n) is 7.28. The van der Waals surface area contributed by atoms with Crippen molar-refractivity contribution in [1.29, 1.82) is 0 Å². The van der Waals surface area contributed by atoms with Crippen molar-refractivity contribution in [3.05, 3.63) is 11.6 Å². The van der Waals surface area contributed by atoms with Crippen LogP contribution in [-0.4, -0.2) is 46.5 Å². The van der Waals surface area contributed by atoms with Gasteiger partial charge in [-0.15, -0.1) is 53.6 Å². The maximum absolute atomic E-state index is 13.5. The highest BCUT2D eigenvalue weighted by Gasteiger charge is 2.68. The zero-order chi connectivity index (χ0) is 30.5. The maximum Gasteiger partial charge on any atom is 0.141 e. The topological polar surface area (TPSA) is 76.0 Å². The zero-order valence-corrected chi connectivity index (χ0v) is 37.7. The van der Waals surface area contributed by atoms with E-state index >= 15 is 0 Å². The van der Waals surface area contributed by atoms with Crippen molar-refractivity contribution >= 4 is 111 Å². The van der Waals surface area contributed by atoms with E-state index in [1.165, 1.54) is 5.57 Å². The van der Waals surface area contributed by atoms with Crippen LogP contribution >= 0.6 is 105 Å². The van der Waals surface area contributed by atoms with Gasteiger partial charge in [0.05, 0.1) is 37.9 Å². The van der Waals surface area contributed by atoms with Crippen molar-refractivity contribution < 1.29 is 24.3 Å². The second-order valence-electron chi connectivity index (χ2n) is 12.1. The van der Waals surface area contributed by atoms with Crippen LogP contribution in [0, 0.1) is 28.6 Å². The summed E-state index contributed by atoms with van der Waals surface area (Å²) in [5.74, 6) is -0.219. The summed E-state index contributed by atoms with van der Waals surface area (Å²) in [7, 11) is 21.0. The van der Waals surface area contributed by atoms with Crippen LogP contribution in [0.3, 0.4) is 0 Å². The number of ketones is 1. The van der Waals surface area contributed by atoms with Crippen LogP contribution in [0.4, 0.5) is 0 Å². The van der Waals surface area contributed by atoms with E-state index in [1.807, 2.05) is 13.8 Å². The molecule has 2 fully saturated rings. The Hall–Kier alpha value is 4.84. The summed E-state index contributed by atoms with van der Waals surface area (Å²) < 4.78 is 13.1. The van der Waals surface area contributed by atoms with Gasteiger partial charge in [-0.2, -0.15) is 0 Å². The van der Waals surface area contributed by atoms with Crippen molar-refractivity contribution in [3.63, 3.8) is 0 Å². The quantitative estimate of drug-likeness (QED) is 0.161. The first-order chi connectivity index (χ1) is 18.3. The van der Waals surface area contributed by atoms with Crippen molar-refractivity contribution in [2.45, 2.75) is 84.7 Å². The van der Waals surface area contributed by atoms with Crippen molar-refractivity contribution in [1.82, 2.24) is 0 Å². The van der Waals surface area contributed by atoms with Gasteiger partial charge >= 0.3 is 0 Å². The van der Waals surface area contributed by atoms with Crippen LogP contribution in [0.2, 0.25) is 0 Å². The molecule has 40 heavy (non-hydrogen) atoms. The molecule has 0 aromatic carbocycles. The predicted molar refractivity (Wildman–Crippen MR) is 211 cm³/mol. The van der Waals surface area contributed by atoms with Crippen LogP contribution in [-0.2, 0) is 14.1 Å². The highest BCUT2D eigenvalue weighted by atomic mass is 33.2. The Bertz CT molecular complexity index is 946. The maximum atomic E-state index is 13.5. The average molecular weight is 796 g/mol. The first-order valence-corrected chi connectivity index (χ1v) is 36.1. The Labute approximate surface area is 265 Å². The predicted octanol–water partition coefficient (Wildman–Crippen LogP) is 10.4. The second-order valence-corrected chi connectivity index (χ2v) is 60.9. The van der Waals surface area contributed by atoms with Gasteiger partial charge in [-0.1, -0.05) is 42.7 Å². The Kier molecular flexibility index (Phi) is 15.3. The summed E-state index contributed by atoms with van der Waals surface area (Å²) in [5.41, 5.74) is -0.977. The van der Waals surface area contributed by atoms with Crippen LogP contribution in [0.15, 0.2) is 11.6 Å². The molecule has 1 heterocycles. The third-order valence-electron chi connectivity index (χ3n) is 9.20. The molecule has 2 aliphatic carbocycles. The minimum atomic E-state index is -1.10. The molecule has 1 saturated carbocycles. The van der Waals surface area contributed by atoms with E-state index < -0.39 is 36.7 Å². The average Bonchev–Trinajstić information content (AvgIpc) is 2.84. The van der Waals surface area contributed by atoms with Crippen LogP contribution in [0.5, 0.6) is 0 Å². The smallest absolute Gasteiger partial charge is 0.141 e. The van der Waals surface area contributed by atoms with Crippen molar-refractivity contribution in [2.24, 2.45) is 28.6 Å². The van der Waals surface area contributed by atoms with E-state index in [4.69, 9.17) is 9.26 Å². The molecule has 0 aromatic rings. The SMILES string of the molecule is CCC(=O)[C@@]1(C)[C@H]([C@H](C)C2C[C@H](OP(P(P)P(P)P)P(P(P)P)P(P)P)C(C)=CC2(C)C)[C@]2(O)CO[C@@H]2C[C@@H]1O. The van der Waals surface area contributed by atoms with Crippen molar-refractivity contribution in [3.8, 4) is 0 Å². The normalized spacial score (nSPS) is 38.2. The first kappa shape index (κ1) is 39.3. The largest absolute Gasteiger partial charge is 0.392 e. The zero-order valence-electron chi connectivity index (χ0n) is 24.2. The van der Waals surface area contributed by atoms with E-state index in [2.05, 4.69) is 96.3 Å². The van der Waals surface area contributed by atoms with E-state index in [0.29, 0.717) is 12.8 Å². The molecule has 1 saturated heterocycles. The minimum Gasteiger partial charge on any atom is -0.392 e. The van der Waals surface area contributed by atoms with Gasteiger partial charge in [0.15, 0.2) is 0 Å². The van der Waals surface area contributed by atoms with Crippen LogP contribution in [0.25, 0.3) is 0 Å². The molecule has 10 unspecified atom stereocenters. The van der Waals surface area contributed by atoms with Crippen LogP contribution in [0.1, 0.15) is 60.8 Å². The lowest BCUT2D eigenvalue weighted by molar-refractivity contribution is -0.324. The molecule has 2 N–H and O–H groups in total. The lowest BCUT2D eigenvalue weighted by Crippen LogP contribution is -2.75. The number of hydrogen-bond donors (Lipinski definition) is 2. The standard InChI is InChI=1S/C22H49O5P13/c1-7-16(23)21(6)17(24)9-18-22(25,11-26-18)19(21)13(3)14-8-15(12(2)10-20(14,4)5)27-35(39(34)36(28)29)40(37(30)31)38(32)33/h10,13-15,17-19,24-25H,7-9,11,28-34H2,1-6H3/t13-,14?,15+,17+,18-,19+,21-,22+,35?,39?/m1/s1. The van der Waals surface area contributed by atoms with E-state index in [1.54, 1.807) is 0 Å². The van der Waals surface area contributed by atoms with Gasteiger partial charge in [0.1, 0.15) is 11.4 Å². The molecule has 3 rings (SSSR count). The number of Topliss-reactive ketones (excluding diaryl/α,β-unsaturated/α-hetero) is 1. The number of allylic oxidation sites excluding steroid dienone is 1. The fraction of sp³-hybridized carbons (Fsp3) is 0.864. The molecule has 0 bridgehead atoms. The summed E-state index contributed by atoms with van der Waals surface area (Å²) in [6, 6.07) is 0. The molecule has 5 nitrogen and oxygen atoms in total. The monoisotopic (exact) mass is 796 g/mol. The van der Waals surface area contributed by atoms with Gasteiger partial charge in [0.25, 0.3) is 0 Å². The highest BCUT2D eigenvalue weighted by Crippen LogP contribution is 3.17. The molecule has 1 aliphatic heterocycles.